The summed E-state index contributed by atoms with van der Waals surface area (Å²) in [7, 11) is 0. The highest BCUT2D eigenvalue weighted by Gasteiger charge is 2.33. The number of carbonyl (C=O) groups excluding carboxylic acids is 1. The Morgan fingerprint density at radius 1 is 1.39 bits per heavy atom. The molecule has 0 unspecified atom stereocenters. The molecule has 0 fully saturated rings. The highest BCUT2D eigenvalue weighted by Crippen LogP contribution is 2.36. The molecule has 0 spiro atoms. The Kier molecular flexibility index (Phi) is 4.98. The molecule has 2 N–H and O–H groups in total. The monoisotopic (exact) mass is 281 g/mol. The third-order valence-corrected chi connectivity index (χ3v) is 2.45. The molecule has 7 heteroatoms. The van der Waals surface area contributed by atoms with Gasteiger partial charge in [-0.2, -0.15) is 13.2 Å². The molecule has 1 amide bonds. The molecule has 0 aliphatic rings. The first-order valence-electron chi connectivity index (χ1n) is 5.12. The van der Waals surface area contributed by atoms with E-state index in [4.69, 9.17) is 16.7 Å². The van der Waals surface area contributed by atoms with E-state index in [1.807, 2.05) is 0 Å². The lowest BCUT2D eigenvalue weighted by Crippen LogP contribution is -2.13. The van der Waals surface area contributed by atoms with Crippen LogP contribution >= 0.6 is 11.6 Å². The number of rotatable bonds is 4. The zero-order valence-electron chi connectivity index (χ0n) is 9.22. The first-order valence-corrected chi connectivity index (χ1v) is 5.50. The highest BCUT2D eigenvalue weighted by atomic mass is 35.5. The zero-order valence-corrected chi connectivity index (χ0v) is 9.98. The van der Waals surface area contributed by atoms with Crippen LogP contribution in [-0.2, 0) is 11.0 Å². The fraction of sp³-hybridized carbons (Fsp3) is 0.364. The van der Waals surface area contributed by atoms with Gasteiger partial charge in [-0.05, 0) is 24.6 Å². The Morgan fingerprint density at radius 2 is 2.06 bits per heavy atom. The summed E-state index contributed by atoms with van der Waals surface area (Å²) in [6.45, 7) is -0.151. The highest BCUT2D eigenvalue weighted by molar-refractivity contribution is 6.31. The SMILES string of the molecule is O=C(CCCO)Nc1ccc(Cl)c(C(F)(F)F)c1. The van der Waals surface area contributed by atoms with Crippen LogP contribution in [0.3, 0.4) is 0 Å². The number of carbonyl (C=O) groups is 1. The van der Waals surface area contributed by atoms with Gasteiger partial charge in [0.05, 0.1) is 10.6 Å². The average molecular weight is 282 g/mol. The number of halogens is 4. The first-order chi connectivity index (χ1) is 8.34. The molecule has 1 aromatic rings. The van der Waals surface area contributed by atoms with Crippen molar-refractivity contribution < 1.29 is 23.1 Å². The van der Waals surface area contributed by atoms with Crippen LogP contribution in [0.2, 0.25) is 5.02 Å². The lowest BCUT2D eigenvalue weighted by molar-refractivity contribution is -0.137. The van der Waals surface area contributed by atoms with Crippen molar-refractivity contribution in [2.45, 2.75) is 19.0 Å². The van der Waals surface area contributed by atoms with Gasteiger partial charge in [0.25, 0.3) is 0 Å². The van der Waals surface area contributed by atoms with Gasteiger partial charge in [-0.15, -0.1) is 0 Å². The van der Waals surface area contributed by atoms with E-state index >= 15 is 0 Å². The molecule has 0 atom stereocenters. The zero-order chi connectivity index (χ0) is 13.8. The van der Waals surface area contributed by atoms with Crippen molar-refractivity contribution in [1.82, 2.24) is 0 Å². The number of hydrogen-bond donors (Lipinski definition) is 2. The van der Waals surface area contributed by atoms with E-state index in [-0.39, 0.29) is 25.1 Å². The maximum absolute atomic E-state index is 12.5. The Bertz CT molecular complexity index is 435. The molecule has 1 aromatic carbocycles. The molecule has 100 valence electrons. The number of aliphatic hydroxyl groups excluding tert-OH is 1. The van der Waals surface area contributed by atoms with E-state index in [1.165, 1.54) is 6.07 Å². The van der Waals surface area contributed by atoms with Gasteiger partial charge >= 0.3 is 6.18 Å². The molecule has 0 bridgehead atoms. The number of nitrogens with one attached hydrogen (secondary N) is 1. The summed E-state index contributed by atoms with van der Waals surface area (Å²) in [4.78, 5) is 11.3. The largest absolute Gasteiger partial charge is 0.417 e. The van der Waals surface area contributed by atoms with Gasteiger partial charge < -0.3 is 10.4 Å². The minimum absolute atomic E-state index is 0.0228. The van der Waals surface area contributed by atoms with Crippen LogP contribution in [0.5, 0.6) is 0 Å². The van der Waals surface area contributed by atoms with Crippen LogP contribution in [0.15, 0.2) is 18.2 Å². The van der Waals surface area contributed by atoms with Crippen molar-refractivity contribution in [3.05, 3.63) is 28.8 Å². The summed E-state index contributed by atoms with van der Waals surface area (Å²) in [5.41, 5.74) is -0.973. The van der Waals surface area contributed by atoms with Crippen LogP contribution in [-0.4, -0.2) is 17.6 Å². The number of alkyl halides is 3. The van der Waals surface area contributed by atoms with E-state index in [2.05, 4.69) is 5.32 Å². The molecule has 0 saturated carbocycles. The number of hydrogen-bond acceptors (Lipinski definition) is 2. The molecular formula is C11H11ClF3NO2. The van der Waals surface area contributed by atoms with Gasteiger partial charge in [0, 0.05) is 18.7 Å². The van der Waals surface area contributed by atoms with Gasteiger partial charge in [0.2, 0.25) is 5.91 Å². The molecule has 0 heterocycles. The maximum Gasteiger partial charge on any atom is 0.417 e. The minimum atomic E-state index is -4.57. The molecule has 1 rings (SSSR count). The van der Waals surface area contributed by atoms with E-state index in [9.17, 15) is 18.0 Å². The van der Waals surface area contributed by atoms with Crippen molar-refractivity contribution in [1.29, 1.82) is 0 Å². The Balaban J connectivity index is 2.83. The fourth-order valence-corrected chi connectivity index (χ4v) is 1.51. The second kappa shape index (κ2) is 6.06. The Labute approximate surface area is 107 Å². The third-order valence-electron chi connectivity index (χ3n) is 2.12. The van der Waals surface area contributed by atoms with Gasteiger partial charge in [-0.25, -0.2) is 0 Å². The molecule has 0 radical (unpaired) electrons. The normalized spacial score (nSPS) is 11.4. The molecule has 3 nitrogen and oxygen atoms in total. The maximum atomic E-state index is 12.5. The summed E-state index contributed by atoms with van der Waals surface area (Å²) in [5, 5.41) is 10.4. The summed E-state index contributed by atoms with van der Waals surface area (Å²) >= 11 is 5.44. The number of amides is 1. The van der Waals surface area contributed by atoms with Crippen molar-refractivity contribution >= 4 is 23.2 Å². The Hall–Kier alpha value is -1.27. The van der Waals surface area contributed by atoms with Crippen molar-refractivity contribution in [3.8, 4) is 0 Å². The standard InChI is InChI=1S/C11H11ClF3NO2/c12-9-4-3-7(6-8(9)11(13,14)15)16-10(18)2-1-5-17/h3-4,6,17H,1-2,5H2,(H,16,18). The summed E-state index contributed by atoms with van der Waals surface area (Å²) in [5.74, 6) is -0.459. The fourth-order valence-electron chi connectivity index (χ4n) is 1.28. The lowest BCUT2D eigenvalue weighted by Gasteiger charge is -2.11. The van der Waals surface area contributed by atoms with Crippen molar-refractivity contribution in [2.24, 2.45) is 0 Å². The molecule has 0 aliphatic carbocycles. The van der Waals surface area contributed by atoms with Crippen LogP contribution in [0.1, 0.15) is 18.4 Å². The lowest BCUT2D eigenvalue weighted by atomic mass is 10.2. The number of aliphatic hydroxyl groups is 1. The second-order valence-electron chi connectivity index (χ2n) is 3.57. The Morgan fingerprint density at radius 3 is 2.61 bits per heavy atom. The van der Waals surface area contributed by atoms with Crippen LogP contribution in [0.4, 0.5) is 18.9 Å². The van der Waals surface area contributed by atoms with Crippen molar-refractivity contribution in [3.63, 3.8) is 0 Å². The summed E-state index contributed by atoms with van der Waals surface area (Å²) in [6, 6.07) is 3.14. The average Bonchev–Trinajstić information content (AvgIpc) is 2.27. The number of anilines is 1. The molecule has 0 aliphatic heterocycles. The smallest absolute Gasteiger partial charge is 0.396 e. The van der Waals surface area contributed by atoms with Gasteiger partial charge in [-0.1, -0.05) is 11.6 Å². The van der Waals surface area contributed by atoms with Crippen LogP contribution in [0.25, 0.3) is 0 Å². The van der Waals surface area contributed by atoms with E-state index in [0.29, 0.717) is 0 Å². The quantitative estimate of drug-likeness (QED) is 0.891. The number of benzene rings is 1. The van der Waals surface area contributed by atoms with E-state index in [1.54, 1.807) is 0 Å². The van der Waals surface area contributed by atoms with E-state index in [0.717, 1.165) is 12.1 Å². The predicted octanol–water partition coefficient (Wildman–Crippen LogP) is 3.07. The van der Waals surface area contributed by atoms with E-state index < -0.39 is 22.7 Å². The molecular weight excluding hydrogens is 271 g/mol. The summed E-state index contributed by atoms with van der Waals surface area (Å²) in [6.07, 6.45) is -4.27. The first kappa shape index (κ1) is 14.8. The summed E-state index contributed by atoms with van der Waals surface area (Å²) < 4.78 is 37.6. The van der Waals surface area contributed by atoms with Crippen LogP contribution in [0, 0.1) is 0 Å². The van der Waals surface area contributed by atoms with Gasteiger partial charge in [-0.3, -0.25) is 4.79 Å². The molecule has 0 saturated heterocycles. The van der Waals surface area contributed by atoms with Gasteiger partial charge in [0.1, 0.15) is 0 Å². The van der Waals surface area contributed by atoms with Crippen molar-refractivity contribution in [2.75, 3.05) is 11.9 Å². The predicted molar refractivity (Wildman–Crippen MR) is 61.4 cm³/mol. The molecule has 18 heavy (non-hydrogen) atoms. The topological polar surface area (TPSA) is 49.3 Å². The second-order valence-corrected chi connectivity index (χ2v) is 3.97. The molecule has 0 aromatic heterocycles. The minimum Gasteiger partial charge on any atom is -0.396 e. The van der Waals surface area contributed by atoms with Gasteiger partial charge in [0.15, 0.2) is 0 Å². The third kappa shape index (κ3) is 4.19. The van der Waals surface area contributed by atoms with Crippen LogP contribution < -0.4 is 5.32 Å².